The van der Waals surface area contributed by atoms with Gasteiger partial charge in [-0.15, -0.1) is 21.5 Å². The summed E-state index contributed by atoms with van der Waals surface area (Å²) in [6.45, 7) is 3.56. The van der Waals surface area contributed by atoms with E-state index in [2.05, 4.69) is 50.2 Å². The van der Waals surface area contributed by atoms with Crippen molar-refractivity contribution in [2.24, 2.45) is 0 Å². The molecule has 0 bridgehead atoms. The molecule has 0 unspecified atom stereocenters. The summed E-state index contributed by atoms with van der Waals surface area (Å²) >= 11 is 3.16. The molecule has 2 aromatic heterocycles. The predicted octanol–water partition coefficient (Wildman–Crippen LogP) is 5.33. The van der Waals surface area contributed by atoms with Gasteiger partial charge in [-0.2, -0.15) is 0 Å². The van der Waals surface area contributed by atoms with Crippen molar-refractivity contribution in [3.8, 4) is 10.7 Å². The Balaban J connectivity index is 1.51. The number of thiophene rings is 1. The summed E-state index contributed by atoms with van der Waals surface area (Å²) in [6, 6.07) is 14.8. The molecule has 1 amide bonds. The minimum absolute atomic E-state index is 0.210. The van der Waals surface area contributed by atoms with Gasteiger partial charge in [-0.05, 0) is 36.8 Å². The van der Waals surface area contributed by atoms with Crippen molar-refractivity contribution >= 4 is 29.0 Å². The summed E-state index contributed by atoms with van der Waals surface area (Å²) in [7, 11) is 0. The van der Waals surface area contributed by atoms with E-state index in [1.807, 2.05) is 24.3 Å². The summed E-state index contributed by atoms with van der Waals surface area (Å²) < 4.78 is 2.13. The highest BCUT2D eigenvalue weighted by Gasteiger charge is 2.25. The summed E-state index contributed by atoms with van der Waals surface area (Å²) in [6.07, 6.45) is 6.04. The Labute approximate surface area is 186 Å². The normalized spacial score (nSPS) is 14.7. The van der Waals surface area contributed by atoms with Crippen LogP contribution in [0.5, 0.6) is 0 Å². The summed E-state index contributed by atoms with van der Waals surface area (Å²) in [4.78, 5) is 16.2. The van der Waals surface area contributed by atoms with Crippen LogP contribution in [-0.2, 0) is 11.3 Å². The van der Waals surface area contributed by atoms with Crippen molar-refractivity contribution < 1.29 is 4.79 Å². The Kier molecular flexibility index (Phi) is 7.23. The number of hydrogen-bond acceptors (Lipinski definition) is 5. The number of carbonyl (C=O) groups excluding carboxylic acids is 1. The molecule has 0 spiro atoms. The van der Waals surface area contributed by atoms with Gasteiger partial charge in [0.1, 0.15) is 0 Å². The molecule has 3 aromatic rings. The van der Waals surface area contributed by atoms with E-state index < -0.39 is 0 Å². The highest BCUT2D eigenvalue weighted by Crippen LogP contribution is 2.29. The first kappa shape index (κ1) is 21.1. The SMILES string of the molecule is CCN(C(=O)CSc1nnc(-c2cccs2)n1Cc1ccccc1)C1CCCCC1. The molecule has 0 atom stereocenters. The maximum absolute atomic E-state index is 13.0. The molecule has 4 rings (SSSR count). The summed E-state index contributed by atoms with van der Waals surface area (Å²) in [5.74, 6) is 1.48. The van der Waals surface area contributed by atoms with E-state index in [9.17, 15) is 4.79 Å². The fourth-order valence-electron chi connectivity index (χ4n) is 4.13. The lowest BCUT2D eigenvalue weighted by molar-refractivity contribution is -0.131. The minimum Gasteiger partial charge on any atom is -0.339 e. The molecule has 1 aromatic carbocycles. The lowest BCUT2D eigenvalue weighted by Gasteiger charge is -2.33. The number of aromatic nitrogens is 3. The second-order valence-corrected chi connectivity index (χ2v) is 9.51. The van der Waals surface area contributed by atoms with Gasteiger partial charge in [0, 0.05) is 12.6 Å². The third-order valence-electron chi connectivity index (χ3n) is 5.64. The number of benzene rings is 1. The fraction of sp³-hybridized carbons (Fsp3) is 0.435. The third-order valence-corrected chi connectivity index (χ3v) is 7.46. The maximum Gasteiger partial charge on any atom is 0.233 e. The largest absolute Gasteiger partial charge is 0.339 e. The molecule has 158 valence electrons. The first-order valence-corrected chi connectivity index (χ1v) is 12.6. The van der Waals surface area contributed by atoms with E-state index in [1.165, 1.54) is 36.6 Å². The number of hydrogen-bond donors (Lipinski definition) is 0. The molecule has 1 aliphatic rings. The lowest BCUT2D eigenvalue weighted by atomic mass is 9.94. The zero-order chi connectivity index (χ0) is 20.8. The molecule has 7 heteroatoms. The Bertz CT molecular complexity index is 934. The summed E-state index contributed by atoms with van der Waals surface area (Å²) in [5.41, 5.74) is 1.20. The molecule has 0 N–H and O–H groups in total. The molecular formula is C23H28N4OS2. The molecule has 0 aliphatic heterocycles. The van der Waals surface area contributed by atoms with Crippen molar-refractivity contribution in [3.63, 3.8) is 0 Å². The smallest absolute Gasteiger partial charge is 0.233 e. The number of rotatable bonds is 8. The van der Waals surface area contributed by atoms with Crippen LogP contribution in [0.25, 0.3) is 10.7 Å². The minimum atomic E-state index is 0.210. The van der Waals surface area contributed by atoms with Gasteiger partial charge in [0.25, 0.3) is 0 Å². The lowest BCUT2D eigenvalue weighted by Crippen LogP contribution is -2.42. The predicted molar refractivity (Wildman–Crippen MR) is 124 cm³/mol. The number of amides is 1. The highest BCUT2D eigenvalue weighted by molar-refractivity contribution is 7.99. The van der Waals surface area contributed by atoms with Crippen molar-refractivity contribution in [3.05, 3.63) is 53.4 Å². The van der Waals surface area contributed by atoms with E-state index >= 15 is 0 Å². The molecule has 0 radical (unpaired) electrons. The summed E-state index contributed by atoms with van der Waals surface area (Å²) in [5, 5.41) is 11.8. The maximum atomic E-state index is 13.0. The van der Waals surface area contributed by atoms with Crippen LogP contribution in [0.1, 0.15) is 44.6 Å². The van der Waals surface area contributed by atoms with Gasteiger partial charge >= 0.3 is 0 Å². The number of thioether (sulfide) groups is 1. The van der Waals surface area contributed by atoms with Gasteiger partial charge in [0.15, 0.2) is 11.0 Å². The molecule has 1 fully saturated rings. The van der Waals surface area contributed by atoms with E-state index in [0.29, 0.717) is 18.3 Å². The zero-order valence-corrected chi connectivity index (χ0v) is 19.0. The van der Waals surface area contributed by atoms with Crippen LogP contribution >= 0.6 is 23.1 Å². The third kappa shape index (κ3) is 4.95. The van der Waals surface area contributed by atoms with Crippen molar-refractivity contribution in [2.75, 3.05) is 12.3 Å². The fourth-order valence-corrected chi connectivity index (χ4v) is 5.67. The molecular weight excluding hydrogens is 412 g/mol. The van der Waals surface area contributed by atoms with Crippen LogP contribution in [0, 0.1) is 0 Å². The Morgan fingerprint density at radius 2 is 1.93 bits per heavy atom. The van der Waals surface area contributed by atoms with Crippen molar-refractivity contribution in [1.82, 2.24) is 19.7 Å². The Hall–Kier alpha value is -2.12. The van der Waals surface area contributed by atoms with Crippen LogP contribution in [-0.4, -0.2) is 43.9 Å². The van der Waals surface area contributed by atoms with Gasteiger partial charge in [-0.25, -0.2) is 0 Å². The quantitative estimate of drug-likeness (QED) is 0.444. The second kappa shape index (κ2) is 10.3. The average Bonchev–Trinajstić information content (AvgIpc) is 3.44. The van der Waals surface area contributed by atoms with Crippen LogP contribution in [0.4, 0.5) is 0 Å². The van der Waals surface area contributed by atoms with E-state index in [-0.39, 0.29) is 5.91 Å². The number of nitrogens with zero attached hydrogens (tertiary/aromatic N) is 4. The molecule has 1 aliphatic carbocycles. The average molecular weight is 441 g/mol. The standard InChI is InChI=1S/C23H28N4OS2/c1-2-26(19-12-7-4-8-13-19)21(28)17-30-23-25-24-22(20-14-9-15-29-20)27(23)16-18-10-5-3-6-11-18/h3,5-6,9-11,14-15,19H,2,4,7-8,12-13,16-17H2,1H3. The van der Waals surface area contributed by atoms with Crippen molar-refractivity contribution in [1.29, 1.82) is 0 Å². The van der Waals surface area contributed by atoms with E-state index in [4.69, 9.17) is 0 Å². The topological polar surface area (TPSA) is 51.0 Å². The van der Waals surface area contributed by atoms with Gasteiger partial charge < -0.3 is 4.90 Å². The Morgan fingerprint density at radius 1 is 1.13 bits per heavy atom. The molecule has 30 heavy (non-hydrogen) atoms. The molecule has 0 saturated heterocycles. The molecule has 5 nitrogen and oxygen atoms in total. The van der Waals surface area contributed by atoms with Crippen LogP contribution < -0.4 is 0 Å². The zero-order valence-electron chi connectivity index (χ0n) is 17.4. The first-order valence-electron chi connectivity index (χ1n) is 10.7. The van der Waals surface area contributed by atoms with Crippen LogP contribution in [0.3, 0.4) is 0 Å². The van der Waals surface area contributed by atoms with Gasteiger partial charge in [-0.1, -0.05) is 67.4 Å². The van der Waals surface area contributed by atoms with Gasteiger partial charge in [0.2, 0.25) is 5.91 Å². The Morgan fingerprint density at radius 3 is 2.63 bits per heavy atom. The first-order chi connectivity index (χ1) is 14.8. The highest BCUT2D eigenvalue weighted by atomic mass is 32.2. The molecule has 1 saturated carbocycles. The van der Waals surface area contributed by atoms with Crippen LogP contribution in [0.15, 0.2) is 53.0 Å². The second-order valence-electron chi connectivity index (χ2n) is 7.62. The van der Waals surface area contributed by atoms with Crippen LogP contribution in [0.2, 0.25) is 0 Å². The molecule has 2 heterocycles. The van der Waals surface area contributed by atoms with E-state index in [1.54, 1.807) is 11.3 Å². The van der Waals surface area contributed by atoms with Gasteiger partial charge in [-0.3, -0.25) is 9.36 Å². The van der Waals surface area contributed by atoms with Crippen molar-refractivity contribution in [2.45, 2.75) is 56.8 Å². The monoisotopic (exact) mass is 440 g/mol. The van der Waals surface area contributed by atoms with E-state index in [0.717, 1.165) is 35.2 Å². The van der Waals surface area contributed by atoms with Gasteiger partial charge in [0.05, 0.1) is 17.2 Å². The number of carbonyl (C=O) groups is 1.